The summed E-state index contributed by atoms with van der Waals surface area (Å²) in [7, 11) is 0. The molecular formula is C9H13N3S2. The Morgan fingerprint density at radius 3 is 3.07 bits per heavy atom. The Labute approximate surface area is 93.2 Å². The number of aromatic nitrogens is 1. The van der Waals surface area contributed by atoms with Crippen molar-refractivity contribution < 1.29 is 0 Å². The van der Waals surface area contributed by atoms with Crippen molar-refractivity contribution in [1.29, 1.82) is 0 Å². The molecule has 14 heavy (non-hydrogen) atoms. The minimum atomic E-state index is 0.236. The van der Waals surface area contributed by atoms with Crippen molar-refractivity contribution >= 4 is 33.8 Å². The van der Waals surface area contributed by atoms with Gasteiger partial charge in [-0.1, -0.05) is 12.2 Å². The Kier molecular flexibility index (Phi) is 4.55. The van der Waals surface area contributed by atoms with Crippen molar-refractivity contribution in [3.05, 3.63) is 23.7 Å². The fourth-order valence-corrected chi connectivity index (χ4v) is 1.84. The Balaban J connectivity index is 2.36. The molecule has 0 aromatic carbocycles. The van der Waals surface area contributed by atoms with Crippen LogP contribution < -0.4 is 10.6 Å². The van der Waals surface area contributed by atoms with Gasteiger partial charge in [0.15, 0.2) is 10.2 Å². The summed E-state index contributed by atoms with van der Waals surface area (Å²) in [5.74, 6) is 0. The van der Waals surface area contributed by atoms with Gasteiger partial charge in [-0.05, 0) is 26.1 Å². The number of anilines is 1. The van der Waals surface area contributed by atoms with E-state index in [1.54, 1.807) is 6.20 Å². The topological polar surface area (TPSA) is 37.0 Å². The first kappa shape index (κ1) is 11.1. The molecule has 1 aromatic rings. The fraction of sp³-hybridized carbons (Fsp3) is 0.333. The van der Waals surface area contributed by atoms with Gasteiger partial charge in [-0.25, -0.2) is 4.98 Å². The highest BCUT2D eigenvalue weighted by atomic mass is 32.1. The van der Waals surface area contributed by atoms with Crippen molar-refractivity contribution in [2.24, 2.45) is 0 Å². The van der Waals surface area contributed by atoms with E-state index in [1.807, 2.05) is 31.4 Å². The molecule has 3 nitrogen and oxygen atoms in total. The van der Waals surface area contributed by atoms with E-state index < -0.39 is 0 Å². The van der Waals surface area contributed by atoms with E-state index in [4.69, 9.17) is 12.2 Å². The van der Waals surface area contributed by atoms with Crippen molar-refractivity contribution in [2.45, 2.75) is 19.9 Å². The zero-order chi connectivity index (χ0) is 10.4. The predicted octanol–water partition coefficient (Wildman–Crippen LogP) is 2.39. The maximum atomic E-state index is 5.10. The maximum Gasteiger partial charge on any atom is 0.188 e. The van der Waals surface area contributed by atoms with Gasteiger partial charge >= 0.3 is 0 Å². The minimum Gasteiger partial charge on any atom is -0.356 e. The first-order valence-electron chi connectivity index (χ1n) is 4.32. The average Bonchev–Trinajstić information content (AvgIpc) is 2.56. The smallest absolute Gasteiger partial charge is 0.188 e. The van der Waals surface area contributed by atoms with Crippen molar-refractivity contribution in [1.82, 2.24) is 10.3 Å². The number of hydrogen-bond donors (Lipinski definition) is 2. The Bertz CT molecular complexity index is 306. The highest BCUT2D eigenvalue weighted by molar-refractivity contribution is 7.80. The zero-order valence-corrected chi connectivity index (χ0v) is 9.78. The van der Waals surface area contributed by atoms with Crippen LogP contribution in [0.25, 0.3) is 0 Å². The second kappa shape index (κ2) is 5.72. The fourth-order valence-electron chi connectivity index (χ4n) is 0.962. The van der Waals surface area contributed by atoms with E-state index in [9.17, 15) is 0 Å². The van der Waals surface area contributed by atoms with Gasteiger partial charge < -0.3 is 10.6 Å². The van der Waals surface area contributed by atoms with Gasteiger partial charge in [-0.15, -0.1) is 11.3 Å². The van der Waals surface area contributed by atoms with E-state index in [2.05, 4.69) is 15.6 Å². The van der Waals surface area contributed by atoms with Crippen LogP contribution in [0.5, 0.6) is 0 Å². The van der Waals surface area contributed by atoms with Gasteiger partial charge in [0.1, 0.15) is 0 Å². The third kappa shape index (κ3) is 3.85. The molecule has 0 amide bonds. The normalized spacial score (nSPS) is 12.7. The molecule has 1 rings (SSSR count). The molecule has 0 aliphatic rings. The van der Waals surface area contributed by atoms with Crippen LogP contribution in [-0.4, -0.2) is 16.1 Å². The summed E-state index contributed by atoms with van der Waals surface area (Å²) < 4.78 is 0. The van der Waals surface area contributed by atoms with E-state index in [0.717, 1.165) is 5.13 Å². The summed E-state index contributed by atoms with van der Waals surface area (Å²) in [5.41, 5.74) is 0. The largest absolute Gasteiger partial charge is 0.356 e. The summed E-state index contributed by atoms with van der Waals surface area (Å²) in [4.78, 5) is 4.07. The first-order valence-corrected chi connectivity index (χ1v) is 5.61. The molecule has 2 N–H and O–H groups in total. The first-order chi connectivity index (χ1) is 6.72. The summed E-state index contributed by atoms with van der Waals surface area (Å²) in [6.45, 7) is 4.02. The molecule has 5 heteroatoms. The SMILES string of the molecule is C/C=C\C(C)NC(=S)Nc1nccs1. The second-order valence-corrected chi connectivity index (χ2v) is 4.05. The Morgan fingerprint density at radius 1 is 1.71 bits per heavy atom. The van der Waals surface area contributed by atoms with Crippen molar-refractivity contribution in [3.63, 3.8) is 0 Å². The molecule has 0 bridgehead atoms. The van der Waals surface area contributed by atoms with Crippen LogP contribution in [0.2, 0.25) is 0 Å². The lowest BCUT2D eigenvalue weighted by Crippen LogP contribution is -2.34. The second-order valence-electron chi connectivity index (χ2n) is 2.75. The Morgan fingerprint density at radius 2 is 2.50 bits per heavy atom. The number of thiocarbonyl (C=S) groups is 1. The molecule has 76 valence electrons. The molecule has 1 aromatic heterocycles. The molecule has 0 saturated heterocycles. The van der Waals surface area contributed by atoms with E-state index in [-0.39, 0.29) is 6.04 Å². The third-order valence-electron chi connectivity index (χ3n) is 1.49. The van der Waals surface area contributed by atoms with Gasteiger partial charge in [0.05, 0.1) is 0 Å². The summed E-state index contributed by atoms with van der Waals surface area (Å²) >= 11 is 6.63. The predicted molar refractivity (Wildman–Crippen MR) is 65.7 cm³/mol. The van der Waals surface area contributed by atoms with Crippen LogP contribution in [0, 0.1) is 0 Å². The van der Waals surface area contributed by atoms with Gasteiger partial charge in [0.25, 0.3) is 0 Å². The molecule has 0 radical (unpaired) electrons. The lowest BCUT2D eigenvalue weighted by molar-refractivity contribution is 0.812. The van der Waals surface area contributed by atoms with E-state index in [1.165, 1.54) is 11.3 Å². The van der Waals surface area contributed by atoms with Crippen LogP contribution in [0.3, 0.4) is 0 Å². The highest BCUT2D eigenvalue weighted by Crippen LogP contribution is 2.09. The average molecular weight is 227 g/mol. The van der Waals surface area contributed by atoms with Gasteiger partial charge in [-0.2, -0.15) is 0 Å². The molecule has 1 unspecified atom stereocenters. The lowest BCUT2D eigenvalue weighted by atomic mass is 10.3. The van der Waals surface area contributed by atoms with Crippen LogP contribution in [0.15, 0.2) is 23.7 Å². The number of rotatable bonds is 3. The molecule has 0 fully saturated rings. The molecule has 1 heterocycles. The number of hydrogen-bond acceptors (Lipinski definition) is 3. The van der Waals surface area contributed by atoms with Crippen LogP contribution in [0.1, 0.15) is 13.8 Å². The minimum absolute atomic E-state index is 0.236. The standard InChI is InChI=1S/C9H13N3S2/c1-3-4-7(2)11-8(13)12-9-10-5-6-14-9/h3-7H,1-2H3,(H2,10,11,12,13)/b4-3-. The van der Waals surface area contributed by atoms with Gasteiger partial charge in [-0.3, -0.25) is 0 Å². The van der Waals surface area contributed by atoms with Gasteiger partial charge in [0.2, 0.25) is 0 Å². The van der Waals surface area contributed by atoms with E-state index in [0.29, 0.717) is 5.11 Å². The molecule has 0 aliphatic heterocycles. The number of allylic oxidation sites excluding steroid dienone is 1. The van der Waals surface area contributed by atoms with E-state index >= 15 is 0 Å². The Hall–Kier alpha value is -0.940. The maximum absolute atomic E-state index is 5.10. The lowest BCUT2D eigenvalue weighted by Gasteiger charge is -2.11. The number of nitrogens with zero attached hydrogens (tertiary/aromatic N) is 1. The molecule has 0 spiro atoms. The van der Waals surface area contributed by atoms with Crippen LogP contribution in [0.4, 0.5) is 5.13 Å². The highest BCUT2D eigenvalue weighted by Gasteiger charge is 2.01. The van der Waals surface area contributed by atoms with Crippen molar-refractivity contribution in [2.75, 3.05) is 5.32 Å². The molecule has 0 saturated carbocycles. The summed E-state index contributed by atoms with van der Waals surface area (Å²) in [5, 5.41) is 9.44. The molecular weight excluding hydrogens is 214 g/mol. The number of thiazole rings is 1. The van der Waals surface area contributed by atoms with Crippen molar-refractivity contribution in [3.8, 4) is 0 Å². The molecule has 0 aliphatic carbocycles. The van der Waals surface area contributed by atoms with Gasteiger partial charge in [0, 0.05) is 17.6 Å². The molecule has 1 atom stereocenters. The summed E-state index contributed by atoms with van der Waals surface area (Å²) in [6, 6.07) is 0.236. The zero-order valence-electron chi connectivity index (χ0n) is 8.15. The summed E-state index contributed by atoms with van der Waals surface area (Å²) in [6.07, 6.45) is 5.77. The quantitative estimate of drug-likeness (QED) is 0.614. The monoisotopic (exact) mass is 227 g/mol. The van der Waals surface area contributed by atoms with Crippen LogP contribution >= 0.6 is 23.6 Å². The number of nitrogens with one attached hydrogen (secondary N) is 2. The van der Waals surface area contributed by atoms with Crippen LogP contribution in [-0.2, 0) is 0 Å². The third-order valence-corrected chi connectivity index (χ3v) is 2.40.